The second-order valence-electron chi connectivity index (χ2n) is 3.83. The Morgan fingerprint density at radius 3 is 3.14 bits per heavy atom. The molecule has 78 valence electrons. The number of likely N-dealkylation sites (N-methyl/N-ethyl adjacent to an activating group) is 1. The fourth-order valence-corrected chi connectivity index (χ4v) is 2.06. The number of hydrogen-bond donors (Lipinski definition) is 1. The van der Waals surface area contributed by atoms with Gasteiger partial charge in [0.05, 0.1) is 12.9 Å². The van der Waals surface area contributed by atoms with E-state index in [1.54, 1.807) is 0 Å². The Labute approximate surface area is 83.4 Å². The van der Waals surface area contributed by atoms with Gasteiger partial charge in [-0.1, -0.05) is 0 Å². The molecule has 0 saturated carbocycles. The Morgan fingerprint density at radius 1 is 1.64 bits per heavy atom. The molecule has 1 fully saturated rings. The minimum atomic E-state index is 0.424. The van der Waals surface area contributed by atoms with E-state index in [4.69, 9.17) is 10.7 Å². The highest BCUT2D eigenvalue weighted by molar-refractivity contribution is 4.90. The van der Waals surface area contributed by atoms with Crippen molar-refractivity contribution in [2.45, 2.75) is 18.5 Å². The lowest BCUT2D eigenvalue weighted by Crippen LogP contribution is -2.30. The Hall–Kier alpha value is -0.910. The van der Waals surface area contributed by atoms with E-state index in [9.17, 15) is 0 Å². The maximum atomic E-state index is 5.09. The third kappa shape index (κ3) is 1.79. The summed E-state index contributed by atoms with van der Waals surface area (Å²) in [7, 11) is 2.10. The molecule has 5 nitrogen and oxygen atoms in total. The van der Waals surface area contributed by atoms with Gasteiger partial charge in [-0.05, 0) is 13.5 Å². The van der Waals surface area contributed by atoms with Crippen LogP contribution in [-0.4, -0.2) is 40.7 Å². The van der Waals surface area contributed by atoms with Gasteiger partial charge in [0.2, 0.25) is 0 Å². The summed E-state index contributed by atoms with van der Waals surface area (Å²) in [5.74, 6) is 5.09. The molecule has 2 heterocycles. The summed E-state index contributed by atoms with van der Waals surface area (Å²) in [6.07, 6.45) is 6.76. The molecule has 0 spiro atoms. The van der Waals surface area contributed by atoms with Crippen molar-refractivity contribution in [1.29, 1.82) is 0 Å². The van der Waals surface area contributed by atoms with Crippen LogP contribution in [-0.2, 0) is 4.84 Å². The molecule has 2 rings (SSSR count). The van der Waals surface area contributed by atoms with Crippen molar-refractivity contribution >= 4 is 0 Å². The van der Waals surface area contributed by atoms with E-state index in [0.717, 1.165) is 13.0 Å². The predicted octanol–water partition coefficient (Wildman–Crippen LogP) is 0.0186. The Morgan fingerprint density at radius 2 is 2.50 bits per heavy atom. The van der Waals surface area contributed by atoms with E-state index < -0.39 is 0 Å². The van der Waals surface area contributed by atoms with Gasteiger partial charge in [-0.2, -0.15) is 0 Å². The Bertz CT molecular complexity index is 274. The normalized spacial score (nSPS) is 28.4. The Balaban J connectivity index is 1.99. The van der Waals surface area contributed by atoms with Crippen molar-refractivity contribution in [3.8, 4) is 0 Å². The fourth-order valence-electron chi connectivity index (χ4n) is 2.06. The van der Waals surface area contributed by atoms with Crippen LogP contribution in [0.5, 0.6) is 0 Å². The lowest BCUT2D eigenvalue weighted by Gasteiger charge is -2.16. The van der Waals surface area contributed by atoms with Gasteiger partial charge in [-0.15, -0.1) is 0 Å². The molecule has 0 amide bonds. The molecule has 0 bridgehead atoms. The second-order valence-corrected chi connectivity index (χ2v) is 3.83. The van der Waals surface area contributed by atoms with Crippen LogP contribution < -0.4 is 5.90 Å². The topological polar surface area (TPSA) is 56.3 Å². The van der Waals surface area contributed by atoms with Crippen LogP contribution in [0.1, 0.15) is 12.5 Å². The highest BCUT2D eigenvalue weighted by atomic mass is 16.6. The molecule has 1 aliphatic rings. The molecule has 2 atom stereocenters. The first-order valence-corrected chi connectivity index (χ1v) is 4.80. The third-order valence-electron chi connectivity index (χ3n) is 2.90. The zero-order valence-corrected chi connectivity index (χ0v) is 8.34. The van der Waals surface area contributed by atoms with E-state index in [1.807, 2.05) is 18.7 Å². The number of likely N-dealkylation sites (tertiary alicyclic amines) is 1. The summed E-state index contributed by atoms with van der Waals surface area (Å²) in [6.45, 7) is 1.63. The van der Waals surface area contributed by atoms with E-state index >= 15 is 0 Å². The summed E-state index contributed by atoms with van der Waals surface area (Å²) in [4.78, 5) is 11.0. The zero-order valence-electron chi connectivity index (χ0n) is 8.34. The van der Waals surface area contributed by atoms with E-state index in [2.05, 4.69) is 21.5 Å². The quantitative estimate of drug-likeness (QED) is 0.692. The number of nitrogens with two attached hydrogens (primary N) is 1. The van der Waals surface area contributed by atoms with Crippen molar-refractivity contribution in [2.24, 2.45) is 5.90 Å². The number of imidazole rings is 1. The average Bonchev–Trinajstić information content (AvgIpc) is 2.76. The summed E-state index contributed by atoms with van der Waals surface area (Å²) >= 11 is 0. The fraction of sp³-hybridized carbons (Fsp3) is 0.667. The van der Waals surface area contributed by atoms with E-state index in [0.29, 0.717) is 18.7 Å². The summed E-state index contributed by atoms with van der Waals surface area (Å²) in [5, 5.41) is 0. The molecular weight excluding hydrogens is 180 g/mol. The molecule has 1 aromatic heterocycles. The van der Waals surface area contributed by atoms with Gasteiger partial charge < -0.3 is 9.40 Å². The zero-order chi connectivity index (χ0) is 9.97. The maximum absolute atomic E-state index is 5.09. The van der Waals surface area contributed by atoms with Crippen LogP contribution >= 0.6 is 0 Å². The van der Waals surface area contributed by atoms with Crippen LogP contribution in [0.2, 0.25) is 0 Å². The highest BCUT2D eigenvalue weighted by Gasteiger charge is 2.30. The number of aromatic nitrogens is 2. The first kappa shape index (κ1) is 9.64. The van der Waals surface area contributed by atoms with Gasteiger partial charge in [0.25, 0.3) is 0 Å². The van der Waals surface area contributed by atoms with Crippen LogP contribution in [0.25, 0.3) is 0 Å². The van der Waals surface area contributed by atoms with Crippen molar-refractivity contribution in [3.63, 3.8) is 0 Å². The molecule has 0 unspecified atom stereocenters. The summed E-state index contributed by atoms with van der Waals surface area (Å²) in [5.41, 5.74) is 0. The van der Waals surface area contributed by atoms with Crippen molar-refractivity contribution in [3.05, 3.63) is 18.7 Å². The first-order valence-electron chi connectivity index (χ1n) is 4.80. The van der Waals surface area contributed by atoms with Crippen molar-refractivity contribution in [2.75, 3.05) is 20.2 Å². The van der Waals surface area contributed by atoms with Gasteiger partial charge in [0.1, 0.15) is 0 Å². The molecule has 2 N–H and O–H groups in total. The molecule has 5 heteroatoms. The highest BCUT2D eigenvalue weighted by Crippen LogP contribution is 2.25. The van der Waals surface area contributed by atoms with Gasteiger partial charge in [0, 0.05) is 31.0 Å². The minimum absolute atomic E-state index is 0.424. The number of nitrogens with zero attached hydrogens (tertiary/aromatic N) is 3. The standard InChI is InChI=1S/C9H16N4O/c1-12-5-8(4-9(12)6-14-10)13-3-2-11-7-13/h2-3,7-9H,4-6,10H2,1H3/t8-,9-/m0/s1. The van der Waals surface area contributed by atoms with Crippen LogP contribution in [0.4, 0.5) is 0 Å². The first-order chi connectivity index (χ1) is 6.81. The average molecular weight is 196 g/mol. The maximum Gasteiger partial charge on any atom is 0.0948 e. The van der Waals surface area contributed by atoms with Gasteiger partial charge in [0.15, 0.2) is 0 Å². The van der Waals surface area contributed by atoms with Gasteiger partial charge >= 0.3 is 0 Å². The van der Waals surface area contributed by atoms with E-state index in [-0.39, 0.29) is 0 Å². The molecule has 0 aliphatic carbocycles. The third-order valence-corrected chi connectivity index (χ3v) is 2.90. The predicted molar refractivity (Wildman–Crippen MR) is 52.4 cm³/mol. The minimum Gasteiger partial charge on any atom is -0.333 e. The molecule has 0 aromatic carbocycles. The SMILES string of the molecule is CN1C[C@@H](n2ccnc2)C[C@H]1CON. The van der Waals surface area contributed by atoms with Crippen LogP contribution in [0.15, 0.2) is 18.7 Å². The molecule has 14 heavy (non-hydrogen) atoms. The largest absolute Gasteiger partial charge is 0.333 e. The van der Waals surface area contributed by atoms with Gasteiger partial charge in [-0.3, -0.25) is 4.90 Å². The number of hydrogen-bond acceptors (Lipinski definition) is 4. The Kier molecular flexibility index (Phi) is 2.81. The van der Waals surface area contributed by atoms with Crippen LogP contribution in [0, 0.1) is 0 Å². The van der Waals surface area contributed by atoms with E-state index in [1.165, 1.54) is 0 Å². The number of rotatable bonds is 3. The molecule has 1 aliphatic heterocycles. The lowest BCUT2D eigenvalue weighted by molar-refractivity contribution is 0.0870. The molecule has 1 aromatic rings. The monoisotopic (exact) mass is 196 g/mol. The lowest BCUT2D eigenvalue weighted by atomic mass is 10.2. The van der Waals surface area contributed by atoms with Gasteiger partial charge in [-0.25, -0.2) is 10.9 Å². The molecular formula is C9H16N4O. The van der Waals surface area contributed by atoms with Crippen molar-refractivity contribution < 1.29 is 4.84 Å². The smallest absolute Gasteiger partial charge is 0.0948 e. The molecule has 1 saturated heterocycles. The van der Waals surface area contributed by atoms with Crippen LogP contribution in [0.3, 0.4) is 0 Å². The summed E-state index contributed by atoms with van der Waals surface area (Å²) < 4.78 is 2.15. The molecule has 0 radical (unpaired) electrons. The summed E-state index contributed by atoms with van der Waals surface area (Å²) in [6, 6.07) is 0.926. The second kappa shape index (κ2) is 4.08. The van der Waals surface area contributed by atoms with Crippen molar-refractivity contribution in [1.82, 2.24) is 14.5 Å².